The highest BCUT2D eigenvalue weighted by Crippen LogP contribution is 2.15. The molecule has 0 aliphatic heterocycles. The van der Waals surface area contributed by atoms with E-state index >= 15 is 0 Å². The summed E-state index contributed by atoms with van der Waals surface area (Å²) in [7, 11) is 1.63. The van der Waals surface area contributed by atoms with Gasteiger partial charge in [0.25, 0.3) is 0 Å². The highest BCUT2D eigenvalue weighted by atomic mass is 127. The molecule has 2 heterocycles. The largest absolute Gasteiger partial charge is 0.475 e. The minimum absolute atomic E-state index is 0. The summed E-state index contributed by atoms with van der Waals surface area (Å²) in [6.45, 7) is 2.17. The first kappa shape index (κ1) is 20.7. The normalized spacial score (nSPS) is 11.0. The SMILES string of the molecule is COCCOc1ncccc1CN=C(N)NCCc1cccs1.I. The zero-order valence-corrected chi connectivity index (χ0v) is 16.8. The van der Waals surface area contributed by atoms with Gasteiger partial charge in [-0.3, -0.25) is 0 Å². The van der Waals surface area contributed by atoms with Crippen molar-refractivity contribution in [1.29, 1.82) is 0 Å². The van der Waals surface area contributed by atoms with Crippen LogP contribution in [0.15, 0.2) is 40.8 Å². The van der Waals surface area contributed by atoms with Crippen LogP contribution in [0.4, 0.5) is 0 Å². The van der Waals surface area contributed by atoms with Gasteiger partial charge in [0.1, 0.15) is 6.61 Å². The standard InChI is InChI=1S/C16H22N4O2S.HI/c1-21-9-10-22-15-13(4-2-7-18-15)12-20-16(17)19-8-6-14-5-3-11-23-14;/h2-5,7,11H,6,8-10,12H2,1H3,(H3,17,19,20);1H. The lowest BCUT2D eigenvalue weighted by Gasteiger charge is -2.09. The Morgan fingerprint density at radius 3 is 2.96 bits per heavy atom. The van der Waals surface area contributed by atoms with E-state index in [2.05, 4.69) is 26.7 Å². The predicted molar refractivity (Wildman–Crippen MR) is 108 cm³/mol. The summed E-state index contributed by atoms with van der Waals surface area (Å²) in [5.41, 5.74) is 6.79. The fourth-order valence-corrected chi connectivity index (χ4v) is 2.60. The number of nitrogens with one attached hydrogen (secondary N) is 1. The first-order valence-corrected chi connectivity index (χ1v) is 8.29. The molecule has 0 aliphatic carbocycles. The number of nitrogens with zero attached hydrogens (tertiary/aromatic N) is 2. The van der Waals surface area contributed by atoms with Crippen molar-refractivity contribution in [3.05, 3.63) is 46.3 Å². The average molecular weight is 462 g/mol. The van der Waals surface area contributed by atoms with Gasteiger partial charge in [-0.25, -0.2) is 9.98 Å². The minimum Gasteiger partial charge on any atom is -0.475 e. The third-order valence-electron chi connectivity index (χ3n) is 3.05. The van der Waals surface area contributed by atoms with E-state index in [0.717, 1.165) is 18.5 Å². The zero-order valence-electron chi connectivity index (χ0n) is 13.6. The average Bonchev–Trinajstić information content (AvgIpc) is 3.07. The van der Waals surface area contributed by atoms with E-state index in [1.807, 2.05) is 18.2 Å². The van der Waals surface area contributed by atoms with E-state index in [1.54, 1.807) is 24.6 Å². The summed E-state index contributed by atoms with van der Waals surface area (Å²) < 4.78 is 10.5. The van der Waals surface area contributed by atoms with Crippen molar-refractivity contribution in [2.24, 2.45) is 10.7 Å². The molecule has 6 nitrogen and oxygen atoms in total. The Labute approximate surface area is 163 Å². The first-order chi connectivity index (χ1) is 11.3. The molecule has 0 aromatic carbocycles. The molecule has 0 radical (unpaired) electrons. The number of hydrogen-bond acceptors (Lipinski definition) is 5. The number of hydrogen-bond donors (Lipinski definition) is 2. The molecule has 2 aromatic rings. The Morgan fingerprint density at radius 2 is 2.21 bits per heavy atom. The number of aromatic nitrogens is 1. The summed E-state index contributed by atoms with van der Waals surface area (Å²) in [6.07, 6.45) is 2.63. The topological polar surface area (TPSA) is 81.8 Å². The Hall–Kier alpha value is -1.39. The van der Waals surface area contributed by atoms with Crippen LogP contribution < -0.4 is 15.8 Å². The molecule has 0 amide bonds. The van der Waals surface area contributed by atoms with Gasteiger partial charge in [0.2, 0.25) is 5.88 Å². The molecule has 8 heteroatoms. The van der Waals surface area contributed by atoms with E-state index < -0.39 is 0 Å². The van der Waals surface area contributed by atoms with Crippen molar-refractivity contribution < 1.29 is 9.47 Å². The maximum atomic E-state index is 5.89. The Morgan fingerprint density at radius 1 is 1.33 bits per heavy atom. The van der Waals surface area contributed by atoms with Gasteiger partial charge in [0.05, 0.1) is 13.2 Å². The fourth-order valence-electron chi connectivity index (χ4n) is 1.89. The number of ether oxygens (including phenoxy) is 2. The second-order valence-corrected chi connectivity index (χ2v) is 5.80. The van der Waals surface area contributed by atoms with Gasteiger partial charge in [0, 0.05) is 30.3 Å². The first-order valence-electron chi connectivity index (χ1n) is 7.41. The summed E-state index contributed by atoms with van der Waals surface area (Å²) in [6, 6.07) is 7.94. The third-order valence-corrected chi connectivity index (χ3v) is 3.99. The van der Waals surface area contributed by atoms with Crippen molar-refractivity contribution >= 4 is 41.3 Å². The van der Waals surface area contributed by atoms with Crippen LogP contribution >= 0.6 is 35.3 Å². The maximum Gasteiger partial charge on any atom is 0.218 e. The van der Waals surface area contributed by atoms with Gasteiger partial charge in [-0.05, 0) is 23.9 Å². The van der Waals surface area contributed by atoms with E-state index in [4.69, 9.17) is 15.2 Å². The third kappa shape index (κ3) is 7.45. The predicted octanol–water partition coefficient (Wildman–Crippen LogP) is 2.43. The number of pyridine rings is 1. The number of thiophene rings is 1. The van der Waals surface area contributed by atoms with E-state index in [-0.39, 0.29) is 24.0 Å². The van der Waals surface area contributed by atoms with Gasteiger partial charge in [-0.2, -0.15) is 0 Å². The van der Waals surface area contributed by atoms with Crippen LogP contribution in [0.2, 0.25) is 0 Å². The van der Waals surface area contributed by atoms with Gasteiger partial charge in [-0.15, -0.1) is 35.3 Å². The summed E-state index contributed by atoms with van der Waals surface area (Å²) in [5, 5.41) is 5.19. The quantitative estimate of drug-likeness (QED) is 0.259. The van der Waals surface area contributed by atoms with Crippen LogP contribution in [0, 0.1) is 0 Å². The van der Waals surface area contributed by atoms with Crippen LogP contribution in [-0.4, -0.2) is 37.8 Å². The van der Waals surface area contributed by atoms with Crippen LogP contribution in [0.3, 0.4) is 0 Å². The number of aliphatic imine (C=N–C) groups is 1. The highest BCUT2D eigenvalue weighted by molar-refractivity contribution is 14.0. The molecule has 3 N–H and O–H groups in total. The van der Waals surface area contributed by atoms with Crippen molar-refractivity contribution in [2.45, 2.75) is 13.0 Å². The lowest BCUT2D eigenvalue weighted by molar-refractivity contribution is 0.143. The number of guanidine groups is 1. The molecule has 0 saturated heterocycles. The van der Waals surface area contributed by atoms with Crippen LogP contribution in [0.1, 0.15) is 10.4 Å². The van der Waals surface area contributed by atoms with Crippen LogP contribution in [0.5, 0.6) is 5.88 Å². The molecule has 0 aliphatic rings. The Kier molecular flexibility index (Phi) is 10.4. The Balaban J connectivity index is 0.00000288. The molecule has 0 spiro atoms. The van der Waals surface area contributed by atoms with Gasteiger partial charge < -0.3 is 20.5 Å². The monoisotopic (exact) mass is 462 g/mol. The summed E-state index contributed by atoms with van der Waals surface area (Å²) in [5.74, 6) is 0.993. The second-order valence-electron chi connectivity index (χ2n) is 4.77. The summed E-state index contributed by atoms with van der Waals surface area (Å²) >= 11 is 1.74. The lowest BCUT2D eigenvalue weighted by Crippen LogP contribution is -2.33. The number of nitrogens with two attached hydrogens (primary N) is 1. The molecule has 0 unspecified atom stereocenters. The maximum absolute atomic E-state index is 5.89. The smallest absolute Gasteiger partial charge is 0.218 e. The molecule has 132 valence electrons. The lowest BCUT2D eigenvalue weighted by atomic mass is 10.3. The van der Waals surface area contributed by atoms with E-state index in [9.17, 15) is 0 Å². The fraction of sp³-hybridized carbons (Fsp3) is 0.375. The van der Waals surface area contributed by atoms with Crippen LogP contribution in [0.25, 0.3) is 0 Å². The molecular formula is C16H23IN4O2S. The van der Waals surface area contributed by atoms with Crippen molar-refractivity contribution in [3.63, 3.8) is 0 Å². The highest BCUT2D eigenvalue weighted by Gasteiger charge is 2.04. The molecule has 0 saturated carbocycles. The summed E-state index contributed by atoms with van der Waals surface area (Å²) in [4.78, 5) is 9.88. The Bertz CT molecular complexity index is 608. The minimum atomic E-state index is 0. The number of halogens is 1. The molecule has 0 fully saturated rings. The van der Waals surface area contributed by atoms with Crippen molar-refractivity contribution in [1.82, 2.24) is 10.3 Å². The van der Waals surface area contributed by atoms with E-state index in [1.165, 1.54) is 4.88 Å². The van der Waals surface area contributed by atoms with Gasteiger partial charge >= 0.3 is 0 Å². The zero-order chi connectivity index (χ0) is 16.3. The van der Waals surface area contributed by atoms with E-state index in [0.29, 0.717) is 31.6 Å². The molecule has 0 bridgehead atoms. The van der Waals surface area contributed by atoms with Crippen molar-refractivity contribution in [3.8, 4) is 5.88 Å². The molecule has 2 rings (SSSR count). The number of rotatable bonds is 9. The van der Waals surface area contributed by atoms with Crippen LogP contribution in [-0.2, 0) is 17.7 Å². The second kappa shape index (κ2) is 12.0. The van der Waals surface area contributed by atoms with Gasteiger partial charge in [-0.1, -0.05) is 12.1 Å². The molecule has 24 heavy (non-hydrogen) atoms. The van der Waals surface area contributed by atoms with Crippen molar-refractivity contribution in [2.75, 3.05) is 26.9 Å². The molecule has 2 aromatic heterocycles. The number of methoxy groups -OCH3 is 1. The molecular weight excluding hydrogens is 439 g/mol. The van der Waals surface area contributed by atoms with Gasteiger partial charge in [0.15, 0.2) is 5.96 Å². The molecule has 0 atom stereocenters.